The molecule has 6 nitrogen and oxygen atoms in total. The van der Waals surface area contributed by atoms with Gasteiger partial charge >= 0.3 is 0 Å². The Balaban J connectivity index is 1.65. The second kappa shape index (κ2) is 5.44. The number of rotatable bonds is 4. The Morgan fingerprint density at radius 3 is 2.38 bits per heavy atom. The van der Waals surface area contributed by atoms with Crippen molar-refractivity contribution in [3.8, 4) is 5.75 Å². The topological polar surface area (TPSA) is 81.5 Å². The van der Waals surface area contributed by atoms with E-state index in [0.717, 1.165) is 19.3 Å². The van der Waals surface area contributed by atoms with Crippen molar-refractivity contribution in [1.29, 1.82) is 0 Å². The standard InChI is InChI=1S/C20H26N2O4/c1-18-7-13-8-19(2,10-18)12-20(9-13,11-18)17(23)21-15-6-14(22(24)25)4-5-16(15)26-3/h4-6,13H,7-12H2,1-3H3,(H,21,23). The number of non-ortho nitro benzene ring substituents is 1. The van der Waals surface area contributed by atoms with Gasteiger partial charge in [-0.25, -0.2) is 0 Å². The quantitative estimate of drug-likeness (QED) is 0.633. The Morgan fingerprint density at radius 2 is 1.85 bits per heavy atom. The molecule has 4 aliphatic carbocycles. The fourth-order valence-corrected chi connectivity index (χ4v) is 6.86. The third-order valence-corrected chi connectivity index (χ3v) is 6.75. The number of ether oxygens (including phenoxy) is 1. The molecule has 4 bridgehead atoms. The smallest absolute Gasteiger partial charge is 0.271 e. The number of nitro groups is 1. The van der Waals surface area contributed by atoms with Crippen molar-refractivity contribution in [1.82, 2.24) is 0 Å². The number of hydrogen-bond acceptors (Lipinski definition) is 4. The SMILES string of the molecule is COc1ccc([N+](=O)[O-])cc1NC(=O)C12CC3CC(C)(CC(C)(C3)C1)C2. The van der Waals surface area contributed by atoms with Crippen molar-refractivity contribution < 1.29 is 14.5 Å². The van der Waals surface area contributed by atoms with E-state index in [1.54, 1.807) is 0 Å². The van der Waals surface area contributed by atoms with Crippen LogP contribution < -0.4 is 10.1 Å². The molecule has 1 aromatic rings. The summed E-state index contributed by atoms with van der Waals surface area (Å²) in [6.07, 6.45) is 6.40. The van der Waals surface area contributed by atoms with Crippen molar-refractivity contribution >= 4 is 17.3 Å². The second-order valence-corrected chi connectivity index (χ2v) is 9.51. The van der Waals surface area contributed by atoms with Gasteiger partial charge in [0.15, 0.2) is 0 Å². The third-order valence-electron chi connectivity index (χ3n) is 6.75. The average Bonchev–Trinajstić information content (AvgIpc) is 2.51. The van der Waals surface area contributed by atoms with Crippen LogP contribution in [0.25, 0.3) is 0 Å². The van der Waals surface area contributed by atoms with Gasteiger partial charge in [-0.2, -0.15) is 0 Å². The molecular formula is C20H26N2O4. The highest BCUT2D eigenvalue weighted by Crippen LogP contribution is 2.69. The largest absolute Gasteiger partial charge is 0.495 e. The van der Waals surface area contributed by atoms with Crippen LogP contribution in [0.15, 0.2) is 18.2 Å². The van der Waals surface area contributed by atoms with E-state index >= 15 is 0 Å². The molecule has 1 N–H and O–H groups in total. The van der Waals surface area contributed by atoms with Crippen molar-refractivity contribution in [3.05, 3.63) is 28.3 Å². The lowest BCUT2D eigenvalue weighted by Gasteiger charge is -2.64. The normalized spacial score (nSPS) is 37.4. The number of anilines is 1. The zero-order chi connectivity index (χ0) is 18.7. The van der Waals surface area contributed by atoms with E-state index in [0.29, 0.717) is 17.4 Å². The van der Waals surface area contributed by atoms with Crippen LogP contribution in [0.3, 0.4) is 0 Å². The highest BCUT2D eigenvalue weighted by molar-refractivity contribution is 5.97. The van der Waals surface area contributed by atoms with Crippen molar-refractivity contribution in [2.24, 2.45) is 22.2 Å². The van der Waals surface area contributed by atoms with Crippen LogP contribution in [0.1, 0.15) is 52.4 Å². The molecule has 4 aliphatic rings. The Kier molecular flexibility index (Phi) is 3.62. The average molecular weight is 358 g/mol. The van der Waals surface area contributed by atoms with Crippen LogP contribution >= 0.6 is 0 Å². The molecule has 26 heavy (non-hydrogen) atoms. The number of carbonyl (C=O) groups excluding carboxylic acids is 1. The summed E-state index contributed by atoms with van der Waals surface area (Å²) in [7, 11) is 1.50. The predicted molar refractivity (Wildman–Crippen MR) is 98.1 cm³/mol. The van der Waals surface area contributed by atoms with Crippen LogP contribution in [0.5, 0.6) is 5.75 Å². The summed E-state index contributed by atoms with van der Waals surface area (Å²) in [5.74, 6) is 1.06. The molecule has 0 spiro atoms. The number of methoxy groups -OCH3 is 1. The fourth-order valence-electron chi connectivity index (χ4n) is 6.86. The monoisotopic (exact) mass is 358 g/mol. The maximum atomic E-state index is 13.4. The highest BCUT2D eigenvalue weighted by atomic mass is 16.6. The van der Waals surface area contributed by atoms with E-state index in [4.69, 9.17) is 4.74 Å². The molecule has 4 fully saturated rings. The zero-order valence-corrected chi connectivity index (χ0v) is 15.6. The molecule has 0 aliphatic heterocycles. The van der Waals surface area contributed by atoms with Crippen molar-refractivity contribution in [2.75, 3.05) is 12.4 Å². The molecule has 140 valence electrons. The first-order chi connectivity index (χ1) is 12.2. The molecule has 2 unspecified atom stereocenters. The maximum absolute atomic E-state index is 13.4. The number of benzene rings is 1. The summed E-state index contributed by atoms with van der Waals surface area (Å²) < 4.78 is 5.30. The van der Waals surface area contributed by atoms with Gasteiger partial charge in [-0.05, 0) is 61.3 Å². The van der Waals surface area contributed by atoms with Gasteiger partial charge in [0.1, 0.15) is 5.75 Å². The van der Waals surface area contributed by atoms with E-state index in [2.05, 4.69) is 19.2 Å². The summed E-state index contributed by atoms with van der Waals surface area (Å²) >= 11 is 0. The summed E-state index contributed by atoms with van der Waals surface area (Å²) in [6, 6.07) is 4.32. The number of nitrogens with zero attached hydrogens (tertiary/aromatic N) is 1. The van der Waals surface area contributed by atoms with Crippen LogP contribution in [0.2, 0.25) is 0 Å². The molecule has 0 radical (unpaired) electrons. The predicted octanol–water partition coefficient (Wildman–Crippen LogP) is 4.54. The summed E-state index contributed by atoms with van der Waals surface area (Å²) in [5, 5.41) is 14.1. The molecule has 0 heterocycles. The molecular weight excluding hydrogens is 332 g/mol. The molecule has 2 atom stereocenters. The maximum Gasteiger partial charge on any atom is 0.271 e. The molecule has 1 amide bonds. The van der Waals surface area contributed by atoms with E-state index in [1.807, 2.05) is 0 Å². The molecule has 0 saturated heterocycles. The number of nitrogens with one attached hydrogen (secondary N) is 1. The minimum absolute atomic E-state index is 0.00199. The zero-order valence-electron chi connectivity index (χ0n) is 15.6. The highest BCUT2D eigenvalue weighted by Gasteiger charge is 2.62. The number of carbonyl (C=O) groups is 1. The molecule has 4 saturated carbocycles. The van der Waals surface area contributed by atoms with Crippen molar-refractivity contribution in [2.45, 2.75) is 52.4 Å². The summed E-state index contributed by atoms with van der Waals surface area (Å²) in [4.78, 5) is 24.0. The lowest BCUT2D eigenvalue weighted by Crippen LogP contribution is -2.58. The minimum Gasteiger partial charge on any atom is -0.495 e. The van der Waals surface area contributed by atoms with Gasteiger partial charge < -0.3 is 10.1 Å². The summed E-state index contributed by atoms with van der Waals surface area (Å²) in [6.45, 7) is 4.65. The summed E-state index contributed by atoms with van der Waals surface area (Å²) in [5.41, 5.74) is 0.443. The van der Waals surface area contributed by atoms with E-state index < -0.39 is 4.92 Å². The minimum atomic E-state index is -0.456. The van der Waals surface area contributed by atoms with Gasteiger partial charge in [0.2, 0.25) is 5.91 Å². The van der Waals surface area contributed by atoms with Gasteiger partial charge in [0, 0.05) is 12.1 Å². The Morgan fingerprint density at radius 1 is 1.19 bits per heavy atom. The number of amides is 1. The first kappa shape index (κ1) is 17.3. The first-order valence-electron chi connectivity index (χ1n) is 9.30. The third kappa shape index (κ3) is 2.66. The second-order valence-electron chi connectivity index (χ2n) is 9.51. The molecule has 0 aromatic heterocycles. The first-order valence-corrected chi connectivity index (χ1v) is 9.30. The van der Waals surface area contributed by atoms with Crippen LogP contribution in [0.4, 0.5) is 11.4 Å². The van der Waals surface area contributed by atoms with Gasteiger partial charge in [-0.3, -0.25) is 14.9 Å². The molecule has 5 rings (SSSR count). The number of nitro benzene ring substituents is 1. The van der Waals surface area contributed by atoms with E-state index in [1.165, 1.54) is 44.6 Å². The molecule has 1 aromatic carbocycles. The van der Waals surface area contributed by atoms with Gasteiger partial charge in [-0.1, -0.05) is 13.8 Å². The Bertz CT molecular complexity index is 772. The van der Waals surface area contributed by atoms with E-state index in [9.17, 15) is 14.9 Å². The fraction of sp³-hybridized carbons (Fsp3) is 0.650. The lowest BCUT2D eigenvalue weighted by molar-refractivity contribution is -0.384. The Hall–Kier alpha value is -2.11. The van der Waals surface area contributed by atoms with Gasteiger partial charge in [-0.15, -0.1) is 0 Å². The van der Waals surface area contributed by atoms with Crippen LogP contribution in [-0.4, -0.2) is 17.9 Å². The number of hydrogen-bond donors (Lipinski definition) is 1. The van der Waals surface area contributed by atoms with Crippen molar-refractivity contribution in [3.63, 3.8) is 0 Å². The van der Waals surface area contributed by atoms with Crippen LogP contribution in [-0.2, 0) is 4.79 Å². The van der Waals surface area contributed by atoms with E-state index in [-0.39, 0.29) is 27.8 Å². The van der Waals surface area contributed by atoms with Gasteiger partial charge in [0.25, 0.3) is 5.69 Å². The Labute approximate surface area is 153 Å². The van der Waals surface area contributed by atoms with Gasteiger partial charge in [0.05, 0.1) is 23.1 Å². The molecule has 6 heteroatoms. The lowest BCUT2D eigenvalue weighted by atomic mass is 9.40. The van der Waals surface area contributed by atoms with Crippen LogP contribution in [0, 0.1) is 32.3 Å².